The molecule has 2 aromatic heterocycles. The van der Waals surface area contributed by atoms with Crippen molar-refractivity contribution >= 4 is 40.2 Å². The Labute approximate surface area is 342 Å². The third kappa shape index (κ3) is 6.41. The van der Waals surface area contributed by atoms with Crippen LogP contribution in [-0.2, 0) is 30.4 Å². The molecule has 3 aromatic carbocycles. The highest BCUT2D eigenvalue weighted by Crippen LogP contribution is 2.49. The van der Waals surface area contributed by atoms with Crippen LogP contribution < -0.4 is 14.8 Å². The first-order valence-electron chi connectivity index (χ1n) is 19.7. The van der Waals surface area contributed by atoms with E-state index >= 15 is 0 Å². The number of ether oxygens (including phenoxy) is 2. The summed E-state index contributed by atoms with van der Waals surface area (Å²) in [6.45, 7) is 3.15. The molecule has 1 spiro atoms. The first kappa shape index (κ1) is 37.8. The minimum atomic E-state index is -4.66. The first-order chi connectivity index (χ1) is 27.9. The van der Waals surface area contributed by atoms with Crippen LogP contribution in [0.25, 0.3) is 33.7 Å². The summed E-state index contributed by atoms with van der Waals surface area (Å²) in [5.74, 6) is 0.792. The number of amides is 1. The second-order valence-corrected chi connectivity index (χ2v) is 17.1. The van der Waals surface area contributed by atoms with Gasteiger partial charge in [-0.3, -0.25) is 14.6 Å². The van der Waals surface area contributed by atoms with Gasteiger partial charge in [-0.25, -0.2) is 4.98 Å². The Balaban J connectivity index is 0.926. The number of hydrogen-bond donors (Lipinski definition) is 2. The van der Waals surface area contributed by atoms with E-state index in [-0.39, 0.29) is 58.4 Å². The van der Waals surface area contributed by atoms with Gasteiger partial charge in [0.05, 0.1) is 29.3 Å². The van der Waals surface area contributed by atoms with Gasteiger partial charge in [0.1, 0.15) is 22.2 Å². The van der Waals surface area contributed by atoms with E-state index in [0.717, 1.165) is 41.8 Å². The van der Waals surface area contributed by atoms with E-state index in [4.69, 9.17) is 37.1 Å². The van der Waals surface area contributed by atoms with Crippen molar-refractivity contribution in [2.75, 3.05) is 33.3 Å². The largest absolute Gasteiger partial charge is 0.481 e. The van der Waals surface area contributed by atoms with Crippen LogP contribution in [0.15, 0.2) is 52.9 Å². The van der Waals surface area contributed by atoms with Gasteiger partial charge in [0.2, 0.25) is 23.6 Å². The number of oxazole rings is 1. The van der Waals surface area contributed by atoms with Crippen molar-refractivity contribution in [1.29, 1.82) is 0 Å². The molecule has 15 heteroatoms. The molecule has 10 nitrogen and oxygen atoms in total. The molecular weight excluding hydrogens is 794 g/mol. The fourth-order valence-electron chi connectivity index (χ4n) is 10.0. The second-order valence-electron chi connectivity index (χ2n) is 16.3. The molecule has 0 bridgehead atoms. The van der Waals surface area contributed by atoms with E-state index in [9.17, 15) is 23.1 Å². The van der Waals surface area contributed by atoms with E-state index in [1.807, 2.05) is 30.3 Å². The number of likely N-dealkylation sites (tertiary alicyclic amines) is 2. The second kappa shape index (κ2) is 14.1. The first-order valence-corrected chi connectivity index (χ1v) is 20.4. The standard InChI is InChI=1S/C43H40Cl2F3N5O5/c1-56-39-22(18-52-20-42(21-52)14-12-35(55)51-42)16-31(44)41(50-39)57-34-11-9-25-24(4-2-5-26(25)34)28-6-3-7-29(37(28)45)40-49-32-17-30-27(36(38(32)58-40)43(46,47)48)8-10-33(30)53-15-13-23(54)19-53/h2-7,16-17,23,33-34,54H,8-15,18-21H2,1H3,(H,51,55)/t23-,33-,34+/m1/s1. The normalized spacial score (nSPS) is 22.7. The summed E-state index contributed by atoms with van der Waals surface area (Å²) in [7, 11) is 1.56. The number of methoxy groups -OCH3 is 1. The molecule has 2 N–H and O–H groups in total. The molecule has 5 aromatic rings. The Bertz CT molecular complexity index is 2490. The van der Waals surface area contributed by atoms with Gasteiger partial charge in [0, 0.05) is 56.3 Å². The molecule has 0 radical (unpaired) electrons. The van der Waals surface area contributed by atoms with Crippen molar-refractivity contribution in [3.8, 4) is 34.3 Å². The molecule has 3 atom stereocenters. The SMILES string of the molecule is COc1nc(O[C@H]2CCc3c(-c4cccc(-c5nc6cc7c(c(C(F)(F)F)c6o5)CC[C@H]7N5CC[C@@H](O)C5)c4Cl)cccc32)c(Cl)cc1CN1CC2(CCC(=O)N2)C1. The summed E-state index contributed by atoms with van der Waals surface area (Å²) in [6.07, 6.45) is -1.36. The molecule has 0 saturated carbocycles. The van der Waals surface area contributed by atoms with Gasteiger partial charge in [0.25, 0.3) is 0 Å². The Morgan fingerprint density at radius 1 is 0.966 bits per heavy atom. The summed E-state index contributed by atoms with van der Waals surface area (Å²) >= 11 is 13.9. The average Bonchev–Trinajstić information content (AvgIpc) is 4.02. The fraction of sp³-hybridized carbons (Fsp3) is 0.419. The summed E-state index contributed by atoms with van der Waals surface area (Å²) in [5.41, 5.74) is 4.49. The van der Waals surface area contributed by atoms with Crippen molar-refractivity contribution in [2.24, 2.45) is 0 Å². The third-order valence-corrected chi connectivity index (χ3v) is 13.3. The van der Waals surface area contributed by atoms with Crippen LogP contribution in [-0.4, -0.2) is 75.7 Å². The number of β-amino-alcohol motifs (C(OH)–C–C–N with tert-alkyl or cyclic N) is 1. The van der Waals surface area contributed by atoms with Crippen molar-refractivity contribution in [2.45, 2.75) is 81.5 Å². The lowest BCUT2D eigenvalue weighted by molar-refractivity contribution is -0.137. The van der Waals surface area contributed by atoms with Gasteiger partial charge in [0.15, 0.2) is 5.58 Å². The highest BCUT2D eigenvalue weighted by molar-refractivity contribution is 6.36. The zero-order valence-corrected chi connectivity index (χ0v) is 33.1. The Morgan fingerprint density at radius 2 is 1.74 bits per heavy atom. The molecule has 1 amide bonds. The summed E-state index contributed by atoms with van der Waals surface area (Å²) in [6, 6.07) is 14.6. The number of pyridine rings is 1. The Hall–Kier alpha value is -4.40. The predicted molar refractivity (Wildman–Crippen MR) is 211 cm³/mol. The molecule has 3 fully saturated rings. The van der Waals surface area contributed by atoms with Crippen LogP contribution in [0.2, 0.25) is 10.0 Å². The lowest BCUT2D eigenvalue weighted by atomic mass is 9.88. The number of rotatable bonds is 8. The van der Waals surface area contributed by atoms with Gasteiger partial charge < -0.3 is 24.3 Å². The molecule has 3 saturated heterocycles. The lowest BCUT2D eigenvalue weighted by Gasteiger charge is -2.48. The molecule has 5 heterocycles. The molecule has 3 aliphatic heterocycles. The predicted octanol–water partition coefficient (Wildman–Crippen LogP) is 8.48. The monoisotopic (exact) mass is 833 g/mol. The molecule has 58 heavy (non-hydrogen) atoms. The summed E-state index contributed by atoms with van der Waals surface area (Å²) < 4.78 is 62.6. The number of hydrogen-bond acceptors (Lipinski definition) is 9. The number of aliphatic hydroxyl groups excluding tert-OH is 1. The number of benzene rings is 3. The molecule has 5 aliphatic rings. The van der Waals surface area contributed by atoms with E-state index in [1.54, 1.807) is 25.3 Å². The number of carbonyl (C=O) groups is 1. The number of aromatic nitrogens is 2. The number of nitrogens with one attached hydrogen (secondary N) is 1. The van der Waals surface area contributed by atoms with E-state index < -0.39 is 17.8 Å². The Kier molecular flexibility index (Phi) is 9.21. The van der Waals surface area contributed by atoms with Gasteiger partial charge in [-0.15, -0.1) is 0 Å². The van der Waals surface area contributed by atoms with Crippen LogP contribution in [0.3, 0.4) is 0 Å². The van der Waals surface area contributed by atoms with Crippen molar-refractivity contribution in [3.05, 3.63) is 92.0 Å². The summed E-state index contributed by atoms with van der Waals surface area (Å²) in [4.78, 5) is 25.4. The van der Waals surface area contributed by atoms with Crippen LogP contribution in [0, 0.1) is 0 Å². The van der Waals surface area contributed by atoms with Crippen molar-refractivity contribution in [1.82, 2.24) is 25.1 Å². The highest BCUT2D eigenvalue weighted by Gasteiger charge is 2.48. The molecule has 302 valence electrons. The minimum Gasteiger partial charge on any atom is -0.481 e. The third-order valence-electron chi connectivity index (χ3n) is 12.6. The van der Waals surface area contributed by atoms with Crippen LogP contribution in [0.5, 0.6) is 11.8 Å². The Morgan fingerprint density at radius 3 is 2.48 bits per heavy atom. The molecule has 0 unspecified atom stereocenters. The molecule has 2 aliphatic carbocycles. The average molecular weight is 835 g/mol. The zero-order chi connectivity index (χ0) is 40.1. The minimum absolute atomic E-state index is 0.00924. The lowest BCUT2D eigenvalue weighted by Crippen LogP contribution is -2.66. The number of aliphatic hydroxyl groups is 1. The van der Waals surface area contributed by atoms with E-state index in [2.05, 4.69) is 25.1 Å². The maximum atomic E-state index is 14.8. The quantitative estimate of drug-likeness (QED) is 0.159. The van der Waals surface area contributed by atoms with Gasteiger partial charge in [-0.2, -0.15) is 18.2 Å². The smallest absolute Gasteiger partial charge is 0.420 e. The van der Waals surface area contributed by atoms with Gasteiger partial charge in [-0.05, 0) is 84.5 Å². The van der Waals surface area contributed by atoms with E-state index in [0.29, 0.717) is 84.4 Å². The van der Waals surface area contributed by atoms with Crippen LogP contribution >= 0.6 is 23.2 Å². The van der Waals surface area contributed by atoms with Gasteiger partial charge in [-0.1, -0.05) is 53.5 Å². The maximum Gasteiger partial charge on any atom is 0.420 e. The summed E-state index contributed by atoms with van der Waals surface area (Å²) in [5, 5.41) is 13.9. The number of nitrogens with zero attached hydrogens (tertiary/aromatic N) is 4. The number of halogens is 5. The van der Waals surface area contributed by atoms with E-state index in [1.165, 1.54) is 0 Å². The van der Waals surface area contributed by atoms with Crippen molar-refractivity contribution in [3.63, 3.8) is 0 Å². The highest BCUT2D eigenvalue weighted by atomic mass is 35.5. The molecule has 10 rings (SSSR count). The number of carbonyl (C=O) groups excluding carboxylic acids is 1. The van der Waals surface area contributed by atoms with Crippen LogP contribution in [0.4, 0.5) is 13.2 Å². The topological polar surface area (TPSA) is 113 Å². The van der Waals surface area contributed by atoms with Gasteiger partial charge >= 0.3 is 6.18 Å². The fourth-order valence-corrected chi connectivity index (χ4v) is 10.6. The number of fused-ring (bicyclic) bond motifs is 3. The maximum absolute atomic E-state index is 14.8. The molecular formula is C43H40Cl2F3N5O5. The number of alkyl halides is 3. The van der Waals surface area contributed by atoms with Crippen molar-refractivity contribution < 1.29 is 37.0 Å². The zero-order valence-electron chi connectivity index (χ0n) is 31.6. The van der Waals surface area contributed by atoms with Crippen LogP contribution in [0.1, 0.15) is 77.6 Å².